The first kappa shape index (κ1) is 12.5. The van der Waals surface area contributed by atoms with Gasteiger partial charge >= 0.3 is 0 Å². The Balaban J connectivity index is 2.11. The van der Waals surface area contributed by atoms with Crippen LogP contribution < -0.4 is 10.6 Å². The molecule has 0 bridgehead atoms. The molecule has 0 aromatic rings. The van der Waals surface area contributed by atoms with E-state index in [0.717, 1.165) is 26.1 Å². The van der Waals surface area contributed by atoms with Gasteiger partial charge in [0.15, 0.2) is 0 Å². The van der Waals surface area contributed by atoms with Gasteiger partial charge in [0, 0.05) is 25.6 Å². The van der Waals surface area contributed by atoms with Crippen molar-refractivity contribution in [3.63, 3.8) is 0 Å². The lowest BCUT2D eigenvalue weighted by Gasteiger charge is -2.23. The normalized spacial score (nSPS) is 23.5. The predicted octanol–water partition coefficient (Wildman–Crippen LogP) is 0.527. The highest BCUT2D eigenvalue weighted by Gasteiger charge is 2.16. The zero-order chi connectivity index (χ0) is 11.1. The standard InChI is InChI=1S/C11H22N2O2/c1-3-9(2)7-13-11(14)6-10-8-15-5-4-12-10/h9-10,12H,3-8H2,1-2H3,(H,13,14). The molecule has 1 saturated heterocycles. The molecule has 1 rings (SSSR count). The summed E-state index contributed by atoms with van der Waals surface area (Å²) in [5, 5.41) is 6.21. The highest BCUT2D eigenvalue weighted by Crippen LogP contribution is 2.00. The first-order valence-corrected chi connectivity index (χ1v) is 5.80. The maximum atomic E-state index is 11.5. The van der Waals surface area contributed by atoms with E-state index in [4.69, 9.17) is 4.74 Å². The summed E-state index contributed by atoms with van der Waals surface area (Å²) >= 11 is 0. The van der Waals surface area contributed by atoms with Crippen molar-refractivity contribution < 1.29 is 9.53 Å². The lowest BCUT2D eigenvalue weighted by Crippen LogP contribution is -2.44. The number of amides is 1. The minimum Gasteiger partial charge on any atom is -0.378 e. The van der Waals surface area contributed by atoms with Gasteiger partial charge in [-0.2, -0.15) is 0 Å². The van der Waals surface area contributed by atoms with E-state index in [1.165, 1.54) is 0 Å². The van der Waals surface area contributed by atoms with E-state index in [9.17, 15) is 4.79 Å². The lowest BCUT2D eigenvalue weighted by atomic mass is 10.1. The van der Waals surface area contributed by atoms with Gasteiger partial charge in [0.25, 0.3) is 0 Å². The molecule has 0 radical (unpaired) electrons. The molecule has 2 unspecified atom stereocenters. The van der Waals surface area contributed by atoms with E-state index in [2.05, 4.69) is 24.5 Å². The van der Waals surface area contributed by atoms with Gasteiger partial charge in [-0.05, 0) is 5.92 Å². The van der Waals surface area contributed by atoms with Gasteiger partial charge in [-0.15, -0.1) is 0 Å². The summed E-state index contributed by atoms with van der Waals surface area (Å²) in [4.78, 5) is 11.5. The summed E-state index contributed by atoms with van der Waals surface area (Å²) in [6, 6.07) is 0.190. The highest BCUT2D eigenvalue weighted by molar-refractivity contribution is 5.76. The van der Waals surface area contributed by atoms with Gasteiger partial charge in [0.05, 0.1) is 13.2 Å². The number of hydrogen-bond donors (Lipinski definition) is 2. The number of morpholine rings is 1. The molecule has 1 aliphatic heterocycles. The Labute approximate surface area is 91.8 Å². The van der Waals surface area contributed by atoms with Crippen molar-refractivity contribution in [2.24, 2.45) is 5.92 Å². The first-order chi connectivity index (χ1) is 7.22. The van der Waals surface area contributed by atoms with E-state index in [1.54, 1.807) is 0 Å². The van der Waals surface area contributed by atoms with E-state index in [-0.39, 0.29) is 11.9 Å². The fraction of sp³-hybridized carbons (Fsp3) is 0.909. The number of ether oxygens (including phenoxy) is 1. The summed E-state index contributed by atoms with van der Waals surface area (Å²) in [5.41, 5.74) is 0. The van der Waals surface area contributed by atoms with Crippen LogP contribution in [0.25, 0.3) is 0 Å². The fourth-order valence-corrected chi connectivity index (χ4v) is 1.48. The van der Waals surface area contributed by atoms with Crippen LogP contribution in [0.15, 0.2) is 0 Å². The SMILES string of the molecule is CCC(C)CNC(=O)CC1COCCN1. The Morgan fingerprint density at radius 3 is 3.07 bits per heavy atom. The van der Waals surface area contributed by atoms with Gasteiger partial charge in [-0.3, -0.25) is 4.79 Å². The summed E-state index contributed by atoms with van der Waals surface area (Å²) in [5.74, 6) is 0.683. The van der Waals surface area contributed by atoms with E-state index < -0.39 is 0 Å². The number of carbonyl (C=O) groups excluding carboxylic acids is 1. The third-order valence-electron chi connectivity index (χ3n) is 2.77. The molecule has 4 nitrogen and oxygen atoms in total. The Kier molecular flexibility index (Phi) is 5.65. The largest absolute Gasteiger partial charge is 0.378 e. The van der Waals surface area contributed by atoms with Crippen molar-refractivity contribution in [3.05, 3.63) is 0 Å². The maximum absolute atomic E-state index is 11.5. The molecule has 0 aromatic heterocycles. The molecule has 1 aliphatic rings. The lowest BCUT2D eigenvalue weighted by molar-refractivity contribution is -0.122. The Morgan fingerprint density at radius 2 is 2.47 bits per heavy atom. The topological polar surface area (TPSA) is 50.4 Å². The van der Waals surface area contributed by atoms with Crippen LogP contribution in [0, 0.1) is 5.92 Å². The molecule has 0 aliphatic carbocycles. The van der Waals surface area contributed by atoms with Crippen LogP contribution in [-0.4, -0.2) is 38.3 Å². The summed E-state index contributed by atoms with van der Waals surface area (Å²) in [7, 11) is 0. The Bertz CT molecular complexity index is 191. The predicted molar refractivity (Wildman–Crippen MR) is 59.7 cm³/mol. The molecule has 1 heterocycles. The summed E-state index contributed by atoms with van der Waals surface area (Å²) in [6.07, 6.45) is 1.63. The van der Waals surface area contributed by atoms with Gasteiger partial charge < -0.3 is 15.4 Å². The molecule has 0 spiro atoms. The third kappa shape index (κ3) is 5.14. The molecule has 0 aromatic carbocycles. The number of rotatable bonds is 5. The molecule has 15 heavy (non-hydrogen) atoms. The van der Waals surface area contributed by atoms with Crippen molar-refractivity contribution in [2.75, 3.05) is 26.3 Å². The van der Waals surface area contributed by atoms with Crippen LogP contribution in [0.1, 0.15) is 26.7 Å². The van der Waals surface area contributed by atoms with Crippen molar-refractivity contribution in [1.82, 2.24) is 10.6 Å². The third-order valence-corrected chi connectivity index (χ3v) is 2.77. The van der Waals surface area contributed by atoms with Crippen molar-refractivity contribution >= 4 is 5.91 Å². The summed E-state index contributed by atoms with van der Waals surface area (Å²) in [6.45, 7) is 7.31. The second-order valence-electron chi connectivity index (χ2n) is 4.25. The second kappa shape index (κ2) is 6.80. The molecule has 4 heteroatoms. The average molecular weight is 214 g/mol. The minimum atomic E-state index is 0.123. The van der Waals surface area contributed by atoms with E-state index in [0.29, 0.717) is 18.9 Å². The zero-order valence-corrected chi connectivity index (χ0v) is 9.71. The number of carbonyl (C=O) groups is 1. The molecule has 1 fully saturated rings. The average Bonchev–Trinajstić information content (AvgIpc) is 2.27. The van der Waals surface area contributed by atoms with Gasteiger partial charge in [-0.1, -0.05) is 20.3 Å². The van der Waals surface area contributed by atoms with Gasteiger partial charge in [0.1, 0.15) is 0 Å². The van der Waals surface area contributed by atoms with Crippen molar-refractivity contribution in [3.8, 4) is 0 Å². The molecular weight excluding hydrogens is 192 g/mol. The molecule has 1 amide bonds. The Morgan fingerprint density at radius 1 is 1.67 bits per heavy atom. The maximum Gasteiger partial charge on any atom is 0.221 e. The molecular formula is C11H22N2O2. The molecule has 0 saturated carbocycles. The van der Waals surface area contributed by atoms with Crippen LogP contribution in [0.4, 0.5) is 0 Å². The molecule has 88 valence electrons. The quantitative estimate of drug-likeness (QED) is 0.702. The second-order valence-corrected chi connectivity index (χ2v) is 4.25. The summed E-state index contributed by atoms with van der Waals surface area (Å²) < 4.78 is 5.29. The van der Waals surface area contributed by atoms with Crippen LogP contribution in [0.2, 0.25) is 0 Å². The van der Waals surface area contributed by atoms with Crippen LogP contribution in [0.5, 0.6) is 0 Å². The monoisotopic (exact) mass is 214 g/mol. The number of hydrogen-bond acceptors (Lipinski definition) is 3. The van der Waals surface area contributed by atoms with Crippen molar-refractivity contribution in [1.29, 1.82) is 0 Å². The van der Waals surface area contributed by atoms with Crippen LogP contribution >= 0.6 is 0 Å². The van der Waals surface area contributed by atoms with Gasteiger partial charge in [0.2, 0.25) is 5.91 Å². The zero-order valence-electron chi connectivity index (χ0n) is 9.71. The van der Waals surface area contributed by atoms with E-state index in [1.807, 2.05) is 0 Å². The van der Waals surface area contributed by atoms with E-state index >= 15 is 0 Å². The minimum absolute atomic E-state index is 0.123. The van der Waals surface area contributed by atoms with Crippen molar-refractivity contribution in [2.45, 2.75) is 32.7 Å². The smallest absolute Gasteiger partial charge is 0.221 e. The number of nitrogens with one attached hydrogen (secondary N) is 2. The highest BCUT2D eigenvalue weighted by atomic mass is 16.5. The molecule has 2 atom stereocenters. The fourth-order valence-electron chi connectivity index (χ4n) is 1.48. The van der Waals surface area contributed by atoms with Gasteiger partial charge in [-0.25, -0.2) is 0 Å². The molecule has 2 N–H and O–H groups in total. The van der Waals surface area contributed by atoms with Crippen LogP contribution in [0.3, 0.4) is 0 Å². The van der Waals surface area contributed by atoms with Crippen LogP contribution in [-0.2, 0) is 9.53 Å². The first-order valence-electron chi connectivity index (χ1n) is 5.80. The Hall–Kier alpha value is -0.610.